The minimum atomic E-state index is -0.834. The second-order valence-corrected chi connectivity index (χ2v) is 25.3. The maximum atomic E-state index is 2.63. The molecular formula is C78H66N4. The summed E-state index contributed by atoms with van der Waals surface area (Å²) in [6.45, 7) is 18.7. The van der Waals surface area contributed by atoms with E-state index >= 15 is 0 Å². The zero-order chi connectivity index (χ0) is 55.9. The molecule has 1 atom stereocenters. The predicted molar refractivity (Wildman–Crippen MR) is 345 cm³/mol. The van der Waals surface area contributed by atoms with E-state index in [2.05, 4.69) is 330 Å². The van der Waals surface area contributed by atoms with Crippen molar-refractivity contribution < 1.29 is 0 Å². The highest BCUT2D eigenvalue weighted by Gasteiger charge is 2.57. The molecule has 0 saturated carbocycles. The fraction of sp³-hybridized carbons (Fsp3) is 0.154. The average molecular weight is 1060 g/mol. The van der Waals surface area contributed by atoms with E-state index < -0.39 is 10.8 Å². The van der Waals surface area contributed by atoms with Crippen molar-refractivity contribution in [3.8, 4) is 22.3 Å². The van der Waals surface area contributed by atoms with Crippen LogP contribution in [0.3, 0.4) is 0 Å². The molecule has 398 valence electrons. The van der Waals surface area contributed by atoms with E-state index in [0.29, 0.717) is 0 Å². The van der Waals surface area contributed by atoms with E-state index in [1.165, 1.54) is 83.8 Å². The standard InChI is InChI=1S/C78H66N4/c1-75(2,3)51-39-43-56(44-40-51)79(53-25-12-9-13-26-53)58-47-48-60-64(49-58)78(62-33-20-21-35-66(62)82-68-37-23-22-36-67(68)81(55-29-16-11-17-30-55)69-38-24-34-63(78)74(69)82)65-50-70(72-59-31-18-19-32-61(59)77(7,8)73(72)71(60)65)80(54-27-14-10-15-28-54)57-45-41-52(42-46-57)76(4,5)6/h9-50H,1-8H3. The summed E-state index contributed by atoms with van der Waals surface area (Å²) < 4.78 is 0. The van der Waals surface area contributed by atoms with Crippen molar-refractivity contribution in [2.75, 3.05) is 19.6 Å². The largest absolute Gasteiger partial charge is 0.310 e. The summed E-state index contributed by atoms with van der Waals surface area (Å²) in [5.74, 6) is 0. The van der Waals surface area contributed by atoms with Crippen molar-refractivity contribution in [3.63, 3.8) is 0 Å². The second-order valence-electron chi connectivity index (χ2n) is 25.3. The molecule has 11 aromatic rings. The van der Waals surface area contributed by atoms with Crippen LogP contribution >= 0.6 is 0 Å². The molecule has 15 rings (SSSR count). The zero-order valence-electron chi connectivity index (χ0n) is 48.0. The summed E-state index contributed by atoms with van der Waals surface area (Å²) in [5.41, 5.74) is 27.9. The number of anilines is 12. The first-order valence-corrected chi connectivity index (χ1v) is 29.1. The first kappa shape index (κ1) is 49.6. The molecule has 2 heterocycles. The van der Waals surface area contributed by atoms with Gasteiger partial charge in [-0.15, -0.1) is 0 Å². The lowest BCUT2D eigenvalue weighted by Gasteiger charge is -2.50. The van der Waals surface area contributed by atoms with Crippen LogP contribution in [0.15, 0.2) is 255 Å². The van der Waals surface area contributed by atoms with Gasteiger partial charge in [-0.25, -0.2) is 0 Å². The van der Waals surface area contributed by atoms with Gasteiger partial charge in [0.05, 0.1) is 39.5 Å². The highest BCUT2D eigenvalue weighted by Crippen LogP contribution is 2.71. The summed E-state index contributed by atoms with van der Waals surface area (Å²) in [5, 5.41) is 0. The van der Waals surface area contributed by atoms with Gasteiger partial charge >= 0.3 is 0 Å². The Balaban J connectivity index is 1.11. The Bertz CT molecular complexity index is 4320. The van der Waals surface area contributed by atoms with Crippen molar-refractivity contribution in [3.05, 3.63) is 299 Å². The van der Waals surface area contributed by atoms with Gasteiger partial charge in [-0.1, -0.05) is 207 Å². The van der Waals surface area contributed by atoms with Gasteiger partial charge in [0.1, 0.15) is 0 Å². The highest BCUT2D eigenvalue weighted by atomic mass is 15.3. The molecule has 4 aliphatic rings. The van der Waals surface area contributed by atoms with Gasteiger partial charge in [0.25, 0.3) is 0 Å². The van der Waals surface area contributed by atoms with Crippen LogP contribution in [0.4, 0.5) is 68.2 Å². The SMILES string of the molecule is CC(C)(C)c1ccc(N(c2ccccc2)c2ccc3c(c2)C2(c4ccccc4N4c5ccccc5N(c5ccccc5)c5cccc2c54)c2cc(N(c4ccccc4)c4ccc(C(C)(C)C)cc4)c4c(c2-3)C(C)(C)c2ccccc2-4)cc1. The Morgan fingerprint density at radius 3 is 1.41 bits per heavy atom. The van der Waals surface area contributed by atoms with E-state index in [4.69, 9.17) is 0 Å². The minimum absolute atomic E-state index is 0.00797. The summed E-state index contributed by atoms with van der Waals surface area (Å²) >= 11 is 0. The number of para-hydroxylation sites is 7. The van der Waals surface area contributed by atoms with Crippen LogP contribution in [0.5, 0.6) is 0 Å². The lowest BCUT2D eigenvalue weighted by atomic mass is 9.63. The van der Waals surface area contributed by atoms with Crippen molar-refractivity contribution in [2.45, 2.75) is 77.0 Å². The number of rotatable bonds is 7. The molecule has 2 aliphatic heterocycles. The van der Waals surface area contributed by atoms with E-state index in [-0.39, 0.29) is 10.8 Å². The van der Waals surface area contributed by atoms with Crippen LogP contribution in [0.1, 0.15) is 99.9 Å². The van der Waals surface area contributed by atoms with Gasteiger partial charge in [0.2, 0.25) is 0 Å². The third kappa shape index (κ3) is 7.16. The van der Waals surface area contributed by atoms with Crippen LogP contribution in [0, 0.1) is 0 Å². The van der Waals surface area contributed by atoms with E-state index in [9.17, 15) is 0 Å². The fourth-order valence-corrected chi connectivity index (χ4v) is 14.5. The summed E-state index contributed by atoms with van der Waals surface area (Å²) in [7, 11) is 0. The lowest BCUT2D eigenvalue weighted by Crippen LogP contribution is -2.39. The molecule has 0 N–H and O–H groups in total. The Kier molecular flexibility index (Phi) is 10.9. The molecule has 1 unspecified atom stereocenters. The Hall–Kier alpha value is -9.38. The maximum Gasteiger partial charge on any atom is 0.0756 e. The molecule has 0 amide bonds. The quantitative estimate of drug-likeness (QED) is 0.158. The van der Waals surface area contributed by atoms with Crippen LogP contribution in [0.2, 0.25) is 0 Å². The molecule has 0 aromatic heterocycles. The monoisotopic (exact) mass is 1060 g/mol. The van der Waals surface area contributed by atoms with Gasteiger partial charge in [0, 0.05) is 45.1 Å². The molecule has 1 spiro atoms. The second kappa shape index (κ2) is 18.1. The van der Waals surface area contributed by atoms with Gasteiger partial charge in [-0.3, -0.25) is 0 Å². The van der Waals surface area contributed by atoms with E-state index in [1.807, 2.05) is 0 Å². The molecule has 4 nitrogen and oxygen atoms in total. The number of nitrogens with zero attached hydrogens (tertiary/aromatic N) is 4. The minimum Gasteiger partial charge on any atom is -0.310 e. The van der Waals surface area contributed by atoms with Crippen LogP contribution in [-0.4, -0.2) is 0 Å². The van der Waals surface area contributed by atoms with Gasteiger partial charge in [0.15, 0.2) is 0 Å². The third-order valence-corrected chi connectivity index (χ3v) is 18.2. The molecule has 11 aromatic carbocycles. The van der Waals surface area contributed by atoms with Crippen molar-refractivity contribution >= 4 is 68.2 Å². The number of fused-ring (bicyclic) bond motifs is 15. The number of hydrogen-bond acceptors (Lipinski definition) is 4. The molecule has 0 saturated heterocycles. The molecule has 0 fully saturated rings. The fourth-order valence-electron chi connectivity index (χ4n) is 14.5. The Morgan fingerprint density at radius 2 is 0.793 bits per heavy atom. The molecule has 82 heavy (non-hydrogen) atoms. The smallest absolute Gasteiger partial charge is 0.0756 e. The van der Waals surface area contributed by atoms with Crippen LogP contribution in [-0.2, 0) is 21.7 Å². The number of hydrogen-bond donors (Lipinski definition) is 0. The first-order valence-electron chi connectivity index (χ1n) is 29.1. The predicted octanol–water partition coefficient (Wildman–Crippen LogP) is 21.5. The normalized spacial score (nSPS) is 15.7. The highest BCUT2D eigenvalue weighted by molar-refractivity contribution is 6.10. The van der Waals surface area contributed by atoms with Crippen molar-refractivity contribution in [2.24, 2.45) is 0 Å². The van der Waals surface area contributed by atoms with Crippen molar-refractivity contribution in [1.29, 1.82) is 0 Å². The summed E-state index contributed by atoms with van der Waals surface area (Å²) in [6.07, 6.45) is 0. The molecule has 4 heteroatoms. The maximum absolute atomic E-state index is 2.63. The van der Waals surface area contributed by atoms with E-state index in [1.54, 1.807) is 0 Å². The summed E-state index contributed by atoms with van der Waals surface area (Å²) in [6, 6.07) is 96.3. The van der Waals surface area contributed by atoms with E-state index in [0.717, 1.165) is 51.2 Å². The van der Waals surface area contributed by atoms with Gasteiger partial charge < -0.3 is 19.6 Å². The van der Waals surface area contributed by atoms with Gasteiger partial charge in [-0.2, -0.15) is 0 Å². The topological polar surface area (TPSA) is 13.0 Å². The average Bonchev–Trinajstić information content (AvgIpc) is 1.44. The van der Waals surface area contributed by atoms with Gasteiger partial charge in [-0.05, 0) is 175 Å². The molecule has 0 radical (unpaired) electrons. The van der Waals surface area contributed by atoms with Crippen LogP contribution in [0.25, 0.3) is 22.3 Å². The summed E-state index contributed by atoms with van der Waals surface area (Å²) in [4.78, 5) is 10.1. The van der Waals surface area contributed by atoms with Crippen molar-refractivity contribution in [1.82, 2.24) is 0 Å². The molecule has 0 bridgehead atoms. The molecular weight excluding hydrogens is 993 g/mol. The lowest BCUT2D eigenvalue weighted by molar-refractivity contribution is 0.590. The Morgan fingerprint density at radius 1 is 0.329 bits per heavy atom. The first-order chi connectivity index (χ1) is 39.7. The van der Waals surface area contributed by atoms with Crippen LogP contribution < -0.4 is 19.6 Å². The molecule has 2 aliphatic carbocycles. The zero-order valence-corrected chi connectivity index (χ0v) is 48.0. The number of benzene rings is 11. The Labute approximate surface area is 483 Å². The third-order valence-electron chi connectivity index (χ3n) is 18.2.